The molecule has 0 aliphatic rings. The van der Waals surface area contributed by atoms with E-state index in [1.807, 2.05) is 18.2 Å². The third-order valence-corrected chi connectivity index (χ3v) is 5.57. The largest absolute Gasteiger partial charge is 0.339 e. The first-order valence-corrected chi connectivity index (χ1v) is 9.58. The van der Waals surface area contributed by atoms with Crippen molar-refractivity contribution in [3.63, 3.8) is 0 Å². The standard InChI is InChI=1S/C21H18ClN3S/c1-12-9-10-16(13(2)11-12)23-19-18-17(15-7-5-4-6-8-15)14(3)26-20(18)25-21(22)24-19/h4-11H,1-3H3,(H,23,24,25). The van der Waals surface area contributed by atoms with Gasteiger partial charge in [0.2, 0.25) is 5.28 Å². The molecule has 5 heteroatoms. The minimum Gasteiger partial charge on any atom is -0.339 e. The summed E-state index contributed by atoms with van der Waals surface area (Å²) in [4.78, 5) is 11.1. The molecular weight excluding hydrogens is 362 g/mol. The summed E-state index contributed by atoms with van der Waals surface area (Å²) in [5.74, 6) is 0.746. The van der Waals surface area contributed by atoms with Gasteiger partial charge in [0.25, 0.3) is 0 Å². The van der Waals surface area contributed by atoms with E-state index in [0.29, 0.717) is 0 Å². The van der Waals surface area contributed by atoms with Crippen molar-refractivity contribution in [2.24, 2.45) is 0 Å². The second-order valence-corrected chi connectivity index (χ2v) is 7.91. The maximum atomic E-state index is 6.21. The molecule has 4 aromatic rings. The van der Waals surface area contributed by atoms with Crippen LogP contribution in [-0.4, -0.2) is 9.97 Å². The summed E-state index contributed by atoms with van der Waals surface area (Å²) in [7, 11) is 0. The molecule has 0 atom stereocenters. The van der Waals surface area contributed by atoms with Crippen molar-refractivity contribution in [3.8, 4) is 11.1 Å². The van der Waals surface area contributed by atoms with E-state index < -0.39 is 0 Å². The Bertz CT molecular complexity index is 1100. The van der Waals surface area contributed by atoms with Gasteiger partial charge in [0, 0.05) is 16.1 Å². The predicted molar refractivity (Wildman–Crippen MR) is 112 cm³/mol. The Labute approximate surface area is 161 Å². The number of aromatic nitrogens is 2. The van der Waals surface area contributed by atoms with Crippen molar-refractivity contribution in [1.29, 1.82) is 0 Å². The van der Waals surface area contributed by atoms with E-state index in [9.17, 15) is 0 Å². The van der Waals surface area contributed by atoms with Gasteiger partial charge in [-0.3, -0.25) is 0 Å². The highest BCUT2D eigenvalue weighted by Gasteiger charge is 2.18. The number of hydrogen-bond acceptors (Lipinski definition) is 4. The lowest BCUT2D eigenvalue weighted by Crippen LogP contribution is -1.99. The first kappa shape index (κ1) is 17.0. The van der Waals surface area contributed by atoms with Crippen LogP contribution < -0.4 is 5.32 Å². The fourth-order valence-corrected chi connectivity index (χ4v) is 4.47. The van der Waals surface area contributed by atoms with Gasteiger partial charge in [0.15, 0.2) is 0 Å². The fraction of sp³-hybridized carbons (Fsp3) is 0.143. The van der Waals surface area contributed by atoms with Gasteiger partial charge in [-0.1, -0.05) is 48.0 Å². The van der Waals surface area contributed by atoms with Crippen LogP contribution >= 0.6 is 22.9 Å². The first-order chi connectivity index (χ1) is 12.5. The second-order valence-electron chi connectivity index (χ2n) is 6.36. The lowest BCUT2D eigenvalue weighted by Gasteiger charge is -2.12. The normalized spacial score (nSPS) is 11.1. The summed E-state index contributed by atoms with van der Waals surface area (Å²) < 4.78 is 0. The molecule has 0 bridgehead atoms. The zero-order chi connectivity index (χ0) is 18.3. The Hall–Kier alpha value is -2.43. The van der Waals surface area contributed by atoms with E-state index in [-0.39, 0.29) is 5.28 Å². The molecule has 0 saturated heterocycles. The molecule has 0 amide bonds. The van der Waals surface area contributed by atoms with Crippen LogP contribution in [0, 0.1) is 20.8 Å². The fourth-order valence-electron chi connectivity index (χ4n) is 3.21. The van der Waals surface area contributed by atoms with Gasteiger partial charge in [0.05, 0.1) is 5.39 Å². The van der Waals surface area contributed by atoms with Crippen LogP contribution in [0.15, 0.2) is 48.5 Å². The van der Waals surface area contributed by atoms with Crippen molar-refractivity contribution in [2.45, 2.75) is 20.8 Å². The summed E-state index contributed by atoms with van der Waals surface area (Å²) in [6, 6.07) is 16.7. The topological polar surface area (TPSA) is 37.8 Å². The molecule has 0 fully saturated rings. The average Bonchev–Trinajstić information content (AvgIpc) is 2.94. The van der Waals surface area contributed by atoms with E-state index in [1.54, 1.807) is 11.3 Å². The Balaban J connectivity index is 1.94. The van der Waals surface area contributed by atoms with E-state index in [0.717, 1.165) is 32.8 Å². The van der Waals surface area contributed by atoms with E-state index in [2.05, 4.69) is 66.4 Å². The smallest absolute Gasteiger partial charge is 0.225 e. The van der Waals surface area contributed by atoms with Gasteiger partial charge in [-0.05, 0) is 49.6 Å². The summed E-state index contributed by atoms with van der Waals surface area (Å²) in [5, 5.41) is 4.75. The number of anilines is 2. The van der Waals surface area contributed by atoms with E-state index >= 15 is 0 Å². The number of nitrogens with one attached hydrogen (secondary N) is 1. The lowest BCUT2D eigenvalue weighted by atomic mass is 10.0. The van der Waals surface area contributed by atoms with Gasteiger partial charge < -0.3 is 5.32 Å². The number of hydrogen-bond donors (Lipinski definition) is 1. The van der Waals surface area contributed by atoms with E-state index in [4.69, 9.17) is 11.6 Å². The van der Waals surface area contributed by atoms with Crippen LogP contribution in [0.4, 0.5) is 11.5 Å². The highest BCUT2D eigenvalue weighted by molar-refractivity contribution is 7.19. The number of thiophene rings is 1. The summed E-state index contributed by atoms with van der Waals surface area (Å²) in [6.07, 6.45) is 0. The van der Waals surface area contributed by atoms with Crippen LogP contribution in [-0.2, 0) is 0 Å². The van der Waals surface area contributed by atoms with Crippen LogP contribution in [0.5, 0.6) is 0 Å². The molecule has 2 aromatic heterocycles. The molecular formula is C21H18ClN3S. The van der Waals surface area contributed by atoms with Gasteiger partial charge in [-0.2, -0.15) is 4.98 Å². The summed E-state index contributed by atoms with van der Waals surface area (Å²) in [5.41, 5.74) is 5.74. The van der Waals surface area contributed by atoms with Crippen molar-refractivity contribution in [3.05, 3.63) is 69.8 Å². The quantitative estimate of drug-likeness (QED) is 0.403. The molecule has 4 rings (SSSR count). The number of aryl methyl sites for hydroxylation is 3. The van der Waals surface area contributed by atoms with Crippen molar-refractivity contribution >= 4 is 44.7 Å². The lowest BCUT2D eigenvalue weighted by molar-refractivity contribution is 1.22. The van der Waals surface area contributed by atoms with Crippen molar-refractivity contribution < 1.29 is 0 Å². The van der Waals surface area contributed by atoms with Gasteiger partial charge in [0.1, 0.15) is 10.6 Å². The Kier molecular flexibility index (Phi) is 4.39. The maximum Gasteiger partial charge on any atom is 0.225 e. The van der Waals surface area contributed by atoms with Gasteiger partial charge >= 0.3 is 0 Å². The van der Waals surface area contributed by atoms with Crippen LogP contribution in [0.25, 0.3) is 21.3 Å². The molecule has 3 nitrogen and oxygen atoms in total. The highest BCUT2D eigenvalue weighted by atomic mass is 35.5. The maximum absolute atomic E-state index is 6.21. The number of fused-ring (bicyclic) bond motifs is 1. The van der Waals surface area contributed by atoms with Gasteiger partial charge in [-0.25, -0.2) is 4.98 Å². The Morgan fingerprint density at radius 2 is 1.73 bits per heavy atom. The minimum absolute atomic E-state index is 0.255. The number of rotatable bonds is 3. The number of halogens is 1. The first-order valence-electron chi connectivity index (χ1n) is 8.39. The summed E-state index contributed by atoms with van der Waals surface area (Å²) in [6.45, 7) is 6.29. The molecule has 26 heavy (non-hydrogen) atoms. The van der Waals surface area contributed by atoms with Gasteiger partial charge in [-0.15, -0.1) is 11.3 Å². The minimum atomic E-state index is 0.255. The summed E-state index contributed by atoms with van der Waals surface area (Å²) >= 11 is 7.85. The third-order valence-electron chi connectivity index (χ3n) is 4.40. The number of benzene rings is 2. The molecule has 0 spiro atoms. The molecule has 1 N–H and O–H groups in total. The zero-order valence-corrected chi connectivity index (χ0v) is 16.4. The van der Waals surface area contributed by atoms with Crippen molar-refractivity contribution in [2.75, 3.05) is 5.32 Å². The van der Waals surface area contributed by atoms with E-state index in [1.165, 1.54) is 16.0 Å². The molecule has 0 aliphatic heterocycles. The zero-order valence-electron chi connectivity index (χ0n) is 14.8. The average molecular weight is 380 g/mol. The van der Waals surface area contributed by atoms with Crippen LogP contribution in [0.1, 0.15) is 16.0 Å². The molecule has 0 saturated carbocycles. The Morgan fingerprint density at radius 3 is 2.46 bits per heavy atom. The van der Waals surface area contributed by atoms with Crippen LogP contribution in [0.2, 0.25) is 5.28 Å². The molecule has 2 heterocycles. The molecule has 0 unspecified atom stereocenters. The highest BCUT2D eigenvalue weighted by Crippen LogP contribution is 2.42. The van der Waals surface area contributed by atoms with Crippen LogP contribution in [0.3, 0.4) is 0 Å². The molecule has 0 radical (unpaired) electrons. The SMILES string of the molecule is Cc1ccc(Nc2nc(Cl)nc3sc(C)c(-c4ccccc4)c23)c(C)c1. The molecule has 0 aliphatic carbocycles. The Morgan fingerprint density at radius 1 is 0.962 bits per heavy atom. The molecule has 130 valence electrons. The molecule has 2 aromatic carbocycles. The second kappa shape index (κ2) is 6.71. The third kappa shape index (κ3) is 3.06. The van der Waals surface area contributed by atoms with Crippen molar-refractivity contribution in [1.82, 2.24) is 9.97 Å². The predicted octanol–water partition coefficient (Wildman–Crippen LogP) is 6.68. The number of nitrogens with zero attached hydrogens (tertiary/aromatic N) is 2. The monoisotopic (exact) mass is 379 g/mol.